The summed E-state index contributed by atoms with van der Waals surface area (Å²) in [4.78, 5) is 5.36. The summed E-state index contributed by atoms with van der Waals surface area (Å²) in [5, 5.41) is 2.28. The molecule has 6 nitrogen and oxygen atoms in total. The molecule has 2 atom stereocenters. The summed E-state index contributed by atoms with van der Waals surface area (Å²) < 4.78 is 41.4. The number of rotatable bonds is 18. The van der Waals surface area contributed by atoms with E-state index in [0.717, 1.165) is 16.8 Å². The Labute approximate surface area is 295 Å². The van der Waals surface area contributed by atoms with Crippen molar-refractivity contribution in [3.05, 3.63) is 132 Å². The van der Waals surface area contributed by atoms with Crippen LogP contribution < -0.4 is 10.4 Å². The highest BCUT2D eigenvalue weighted by Gasteiger charge is 2.54. The van der Waals surface area contributed by atoms with Gasteiger partial charge in [-0.2, -0.15) is 0 Å². The molecule has 49 heavy (non-hydrogen) atoms. The van der Waals surface area contributed by atoms with Crippen molar-refractivity contribution in [2.24, 2.45) is 4.99 Å². The molecular weight excluding hydrogens is 646 g/mol. The van der Waals surface area contributed by atoms with Crippen molar-refractivity contribution in [3.8, 4) is 0 Å². The number of hydrogen-bond donors (Lipinski definition) is 0. The summed E-state index contributed by atoms with van der Waals surface area (Å²) in [6.45, 7) is 15.5. The summed E-state index contributed by atoms with van der Waals surface area (Å²) in [6, 6.07) is 41.3. The predicted octanol–water partition coefficient (Wildman–Crippen LogP) is 9.27. The van der Waals surface area contributed by atoms with E-state index in [9.17, 15) is 0 Å². The first kappa shape index (κ1) is 38.6. The van der Waals surface area contributed by atoms with Crippen LogP contribution in [0.5, 0.6) is 0 Å². The number of benzene rings is 4. The van der Waals surface area contributed by atoms with Crippen molar-refractivity contribution in [1.82, 2.24) is 0 Å². The third-order valence-electron chi connectivity index (χ3n) is 8.82. The molecule has 4 rings (SSSR count). The van der Waals surface area contributed by atoms with Gasteiger partial charge in [-0.25, -0.2) is 0 Å². The Hall–Kier alpha value is -3.16. The second kappa shape index (κ2) is 17.7. The Morgan fingerprint density at radius 1 is 0.673 bits per heavy atom. The molecule has 0 saturated carbocycles. The minimum Gasteiger partial charge on any atom is -0.407 e. The van der Waals surface area contributed by atoms with Crippen LogP contribution in [-0.4, -0.2) is 51.8 Å². The molecule has 0 heterocycles. The molecule has 0 unspecified atom stereocenters. The van der Waals surface area contributed by atoms with Gasteiger partial charge in [0.25, 0.3) is 15.7 Å². The fraction of sp³-hybridized carbons (Fsp3) is 0.390. The van der Waals surface area contributed by atoms with Gasteiger partial charge in [0.15, 0.2) is 0 Å². The zero-order chi connectivity index (χ0) is 35.4. The van der Waals surface area contributed by atoms with Crippen molar-refractivity contribution in [2.45, 2.75) is 77.7 Å². The van der Waals surface area contributed by atoms with E-state index in [-0.39, 0.29) is 11.6 Å². The maximum absolute atomic E-state index is 15.5. The van der Waals surface area contributed by atoms with Gasteiger partial charge in [-0.1, -0.05) is 142 Å². The van der Waals surface area contributed by atoms with Crippen LogP contribution in [0.3, 0.4) is 0 Å². The van der Waals surface area contributed by atoms with Gasteiger partial charge in [0.2, 0.25) is 5.53 Å². The lowest BCUT2D eigenvalue weighted by atomic mass is 10.0. The Morgan fingerprint density at radius 3 is 1.49 bits per heavy atom. The fourth-order valence-corrected chi connectivity index (χ4v) is 14.0. The molecule has 0 N–H and O–H groups in total. The van der Waals surface area contributed by atoms with Gasteiger partial charge in [-0.05, 0) is 55.9 Å². The smallest absolute Gasteiger partial charge is 0.284 e. The van der Waals surface area contributed by atoms with Crippen molar-refractivity contribution < 1.29 is 23.0 Å². The topological polar surface area (TPSA) is 66.4 Å². The largest absolute Gasteiger partial charge is 0.407 e. The molecule has 0 spiro atoms. The second-order valence-corrected chi connectivity index (χ2v) is 20.3. The summed E-state index contributed by atoms with van der Waals surface area (Å²) in [5.41, 5.74) is 1.12. The summed E-state index contributed by atoms with van der Waals surface area (Å²) in [5.74, 6) is -0.770. The van der Waals surface area contributed by atoms with Crippen molar-refractivity contribution in [3.63, 3.8) is 0 Å². The van der Waals surface area contributed by atoms with Gasteiger partial charge in [0, 0.05) is 30.9 Å². The van der Waals surface area contributed by atoms with Gasteiger partial charge in [0.1, 0.15) is 5.78 Å². The van der Waals surface area contributed by atoms with E-state index in [1.165, 1.54) is 10.4 Å². The molecule has 0 bridgehead atoms. The lowest BCUT2D eigenvalue weighted by Crippen LogP contribution is -2.66. The van der Waals surface area contributed by atoms with E-state index >= 15 is 4.57 Å². The molecule has 0 radical (unpaired) electrons. The zero-order valence-electron chi connectivity index (χ0n) is 30.3. The molecule has 4 aromatic carbocycles. The summed E-state index contributed by atoms with van der Waals surface area (Å²) in [7, 11) is -6.55. The maximum atomic E-state index is 15.5. The minimum absolute atomic E-state index is 0.163. The molecule has 0 aliphatic carbocycles. The lowest BCUT2D eigenvalue weighted by molar-refractivity contribution is -0.168. The van der Waals surface area contributed by atoms with Crippen molar-refractivity contribution in [1.29, 1.82) is 0 Å². The monoisotopic (exact) mass is 699 g/mol. The second-order valence-electron chi connectivity index (χ2n) is 13.1. The Kier molecular flexibility index (Phi) is 13.9. The van der Waals surface area contributed by atoms with Crippen LogP contribution in [0.4, 0.5) is 0 Å². The van der Waals surface area contributed by atoms with Crippen LogP contribution in [0, 0.1) is 0 Å². The molecule has 262 valence electrons. The van der Waals surface area contributed by atoms with E-state index < -0.39 is 27.0 Å². The first-order valence-electron chi connectivity index (χ1n) is 17.5. The van der Waals surface area contributed by atoms with E-state index in [2.05, 4.69) is 81.4 Å². The third kappa shape index (κ3) is 8.77. The van der Waals surface area contributed by atoms with Crippen molar-refractivity contribution >= 4 is 31.8 Å². The van der Waals surface area contributed by atoms with Gasteiger partial charge in [-0.15, -0.1) is 0 Å². The Morgan fingerprint density at radius 2 is 1.10 bits per heavy atom. The Bertz CT molecular complexity index is 1540. The van der Waals surface area contributed by atoms with Gasteiger partial charge >= 0.3 is 0 Å². The normalized spacial score (nSPS) is 14.2. The quantitative estimate of drug-likeness (QED) is 0.0341. The number of nitrogens with zero attached hydrogens (tertiary/aromatic N) is 1. The molecule has 0 amide bonds. The molecule has 0 saturated heterocycles. The maximum Gasteiger partial charge on any atom is 0.284 e. The fourth-order valence-electron chi connectivity index (χ4n) is 6.64. The number of hydrogen-bond acceptors (Lipinski definition) is 6. The van der Waals surface area contributed by atoms with Crippen LogP contribution in [-0.2, 0) is 23.0 Å². The summed E-state index contributed by atoms with van der Waals surface area (Å²) in [6.07, 6.45) is 1.04. The lowest BCUT2D eigenvalue weighted by Gasteiger charge is -2.43. The summed E-state index contributed by atoms with van der Waals surface area (Å²) >= 11 is 0. The predicted molar refractivity (Wildman–Crippen MR) is 206 cm³/mol. The first-order valence-corrected chi connectivity index (χ1v) is 21.1. The van der Waals surface area contributed by atoms with Gasteiger partial charge in [0.05, 0.1) is 12.3 Å². The third-order valence-corrected chi connectivity index (χ3v) is 17.1. The number of ether oxygens (including phenoxy) is 2. The zero-order valence-corrected chi connectivity index (χ0v) is 32.2. The van der Waals surface area contributed by atoms with E-state index in [1.807, 2.05) is 81.4 Å². The standard InChI is InChI=1S/C41H54NO5PSi/c1-8-44-41(7,45-9-2)48(43,46-10-3)38(42-39(34-24-15-11-16-25-34)35-26-17-12-18-27-35)32-23-33-47-49(40(4,5)6,36-28-19-13-20-29-36)37-30-21-14-22-31-37/h11-22,24-31,38H,8-10,23,32-33H2,1-7H3/t38-,48+/m1/s1. The highest BCUT2D eigenvalue weighted by Crippen LogP contribution is 2.65. The highest BCUT2D eigenvalue weighted by molar-refractivity contribution is 7.61. The number of aliphatic imine (C=N–C) groups is 1. The highest BCUT2D eigenvalue weighted by atomic mass is 31.2. The van der Waals surface area contributed by atoms with Crippen LogP contribution in [0.25, 0.3) is 0 Å². The molecule has 0 fully saturated rings. The first-order chi connectivity index (χ1) is 23.6. The minimum atomic E-state index is -3.78. The molecule has 8 heteroatoms. The molecular formula is C41H54NO5PSi. The van der Waals surface area contributed by atoms with Crippen LogP contribution in [0.1, 0.15) is 72.4 Å². The SMILES string of the molecule is CCOC(C)(OCC)[P@@](=O)(OCC)[C@H](CCCO[Si](c1ccccc1)(c1ccccc1)C(C)(C)C)N=C(c1ccccc1)c1ccccc1. The molecule has 0 aromatic heterocycles. The van der Waals surface area contributed by atoms with Crippen LogP contribution in [0.2, 0.25) is 5.04 Å². The van der Waals surface area contributed by atoms with E-state index in [1.54, 1.807) is 6.92 Å². The average molecular weight is 700 g/mol. The molecule has 0 aliphatic heterocycles. The van der Waals surface area contributed by atoms with Crippen molar-refractivity contribution in [2.75, 3.05) is 26.4 Å². The Balaban J connectivity index is 1.81. The van der Waals surface area contributed by atoms with Crippen LogP contribution in [0.15, 0.2) is 126 Å². The van der Waals surface area contributed by atoms with Crippen LogP contribution >= 0.6 is 7.37 Å². The molecule has 0 aliphatic rings. The van der Waals surface area contributed by atoms with E-state index in [0.29, 0.717) is 32.7 Å². The van der Waals surface area contributed by atoms with Gasteiger partial charge < -0.3 is 18.4 Å². The van der Waals surface area contributed by atoms with Gasteiger partial charge in [-0.3, -0.25) is 9.56 Å². The molecule has 4 aromatic rings. The van der Waals surface area contributed by atoms with E-state index in [4.69, 9.17) is 23.4 Å². The average Bonchev–Trinajstić information content (AvgIpc) is 3.11.